The largest absolute Gasteiger partial charge is 0.372 e. The molecule has 0 atom stereocenters. The van der Waals surface area contributed by atoms with Crippen molar-refractivity contribution >= 4 is 22.4 Å². The van der Waals surface area contributed by atoms with E-state index in [4.69, 9.17) is 4.74 Å². The summed E-state index contributed by atoms with van der Waals surface area (Å²) in [5.74, 6) is -0.138. The van der Waals surface area contributed by atoms with Gasteiger partial charge in [-0.05, 0) is 6.92 Å². The minimum atomic E-state index is -0.138. The van der Waals surface area contributed by atoms with E-state index in [9.17, 15) is 4.79 Å². The highest BCUT2D eigenvalue weighted by Gasteiger charge is 2.15. The number of fused-ring (bicyclic) bond motifs is 1. The van der Waals surface area contributed by atoms with Crippen LogP contribution in [0.1, 0.15) is 17.5 Å². The van der Waals surface area contributed by atoms with Crippen LogP contribution >= 0.6 is 11.3 Å². The van der Waals surface area contributed by atoms with Crippen molar-refractivity contribution < 1.29 is 9.53 Å². The minimum Gasteiger partial charge on any atom is -0.372 e. The van der Waals surface area contributed by atoms with Gasteiger partial charge in [0.25, 0.3) is 5.91 Å². The Kier molecular flexibility index (Phi) is 3.87. The summed E-state index contributed by atoms with van der Waals surface area (Å²) in [5, 5.41) is 6.70. The van der Waals surface area contributed by atoms with E-state index in [-0.39, 0.29) is 12.5 Å². The van der Waals surface area contributed by atoms with E-state index >= 15 is 0 Å². The van der Waals surface area contributed by atoms with E-state index in [1.807, 2.05) is 6.92 Å². The number of anilines is 1. The molecular weight excluding hydrogens is 226 g/mol. The van der Waals surface area contributed by atoms with Gasteiger partial charge < -0.3 is 10.1 Å². The molecule has 6 heteroatoms. The number of hydrogen-bond donors (Lipinski definition) is 2. The van der Waals surface area contributed by atoms with Crippen molar-refractivity contribution in [3.63, 3.8) is 0 Å². The number of amides is 1. The summed E-state index contributed by atoms with van der Waals surface area (Å²) in [6.07, 6.45) is 0.938. The molecule has 1 aliphatic heterocycles. The van der Waals surface area contributed by atoms with Crippen LogP contribution in [0.25, 0.3) is 0 Å². The maximum atomic E-state index is 11.4. The maximum absolute atomic E-state index is 11.4. The van der Waals surface area contributed by atoms with Crippen LogP contribution in [-0.4, -0.2) is 30.6 Å². The van der Waals surface area contributed by atoms with E-state index in [1.54, 1.807) is 0 Å². The van der Waals surface area contributed by atoms with Crippen molar-refractivity contribution in [3.05, 3.63) is 10.6 Å². The fourth-order valence-corrected chi connectivity index (χ4v) is 2.52. The van der Waals surface area contributed by atoms with E-state index < -0.39 is 0 Å². The molecule has 2 N–H and O–H groups in total. The number of ether oxygens (including phenoxy) is 1. The molecule has 1 aliphatic rings. The molecule has 0 saturated carbocycles. The first-order valence-electron chi connectivity index (χ1n) is 5.36. The van der Waals surface area contributed by atoms with Crippen LogP contribution in [0.5, 0.6) is 0 Å². The molecule has 1 amide bonds. The SMILES string of the molecule is CCOCC(=O)Nc1nc2c(s1)CNCC2. The first kappa shape index (κ1) is 11.5. The second kappa shape index (κ2) is 5.38. The van der Waals surface area contributed by atoms with Gasteiger partial charge in [0.15, 0.2) is 5.13 Å². The molecule has 0 aromatic carbocycles. The molecule has 5 nitrogen and oxygen atoms in total. The third-order valence-electron chi connectivity index (χ3n) is 2.29. The highest BCUT2D eigenvalue weighted by atomic mass is 32.1. The summed E-state index contributed by atoms with van der Waals surface area (Å²) in [5.41, 5.74) is 1.11. The Morgan fingerprint density at radius 1 is 1.69 bits per heavy atom. The zero-order valence-electron chi connectivity index (χ0n) is 9.21. The van der Waals surface area contributed by atoms with Crippen molar-refractivity contribution in [1.82, 2.24) is 10.3 Å². The van der Waals surface area contributed by atoms with E-state index in [0.29, 0.717) is 11.7 Å². The predicted molar refractivity (Wildman–Crippen MR) is 62.6 cm³/mol. The van der Waals surface area contributed by atoms with E-state index in [0.717, 1.165) is 25.2 Å². The smallest absolute Gasteiger partial charge is 0.252 e. The molecule has 2 heterocycles. The highest BCUT2D eigenvalue weighted by Crippen LogP contribution is 2.25. The normalized spacial score (nSPS) is 14.6. The van der Waals surface area contributed by atoms with Crippen LogP contribution in [0.2, 0.25) is 0 Å². The lowest BCUT2D eigenvalue weighted by Crippen LogP contribution is -2.22. The summed E-state index contributed by atoms with van der Waals surface area (Å²) in [4.78, 5) is 17.0. The van der Waals surface area contributed by atoms with Gasteiger partial charge in [-0.15, -0.1) is 11.3 Å². The summed E-state index contributed by atoms with van der Waals surface area (Å²) >= 11 is 1.54. The van der Waals surface area contributed by atoms with Crippen molar-refractivity contribution in [2.75, 3.05) is 25.1 Å². The lowest BCUT2D eigenvalue weighted by Gasteiger charge is -2.09. The van der Waals surface area contributed by atoms with Gasteiger partial charge in [0, 0.05) is 31.0 Å². The summed E-state index contributed by atoms with van der Waals surface area (Å²) in [6.45, 7) is 4.32. The fourth-order valence-electron chi connectivity index (χ4n) is 1.53. The van der Waals surface area contributed by atoms with Crippen molar-refractivity contribution in [3.8, 4) is 0 Å². The highest BCUT2D eigenvalue weighted by molar-refractivity contribution is 7.15. The Morgan fingerprint density at radius 2 is 2.56 bits per heavy atom. The van der Waals surface area contributed by atoms with Gasteiger partial charge in [-0.3, -0.25) is 10.1 Å². The Labute approximate surface area is 98.2 Å². The molecule has 16 heavy (non-hydrogen) atoms. The topological polar surface area (TPSA) is 63.2 Å². The third-order valence-corrected chi connectivity index (χ3v) is 3.30. The second-order valence-corrected chi connectivity index (χ2v) is 4.58. The van der Waals surface area contributed by atoms with Gasteiger partial charge in [0.2, 0.25) is 0 Å². The minimum absolute atomic E-state index is 0.0962. The molecule has 0 unspecified atom stereocenters. The van der Waals surface area contributed by atoms with Gasteiger partial charge in [0.1, 0.15) is 6.61 Å². The molecule has 0 saturated heterocycles. The molecule has 1 aromatic rings. The van der Waals surface area contributed by atoms with Gasteiger partial charge >= 0.3 is 0 Å². The molecule has 0 radical (unpaired) electrons. The number of carbonyl (C=O) groups is 1. The fraction of sp³-hybridized carbons (Fsp3) is 0.600. The molecule has 0 aliphatic carbocycles. The molecule has 1 aromatic heterocycles. The van der Waals surface area contributed by atoms with E-state index in [2.05, 4.69) is 15.6 Å². The Bertz CT molecular complexity index is 355. The first-order chi connectivity index (χ1) is 7.79. The van der Waals surface area contributed by atoms with Gasteiger partial charge in [0.05, 0.1) is 5.69 Å². The molecule has 0 spiro atoms. The first-order valence-corrected chi connectivity index (χ1v) is 6.18. The van der Waals surface area contributed by atoms with Crippen LogP contribution < -0.4 is 10.6 Å². The molecule has 88 valence electrons. The zero-order chi connectivity index (χ0) is 11.4. The Hall–Kier alpha value is -0.980. The Morgan fingerprint density at radius 3 is 3.31 bits per heavy atom. The molecule has 0 fully saturated rings. The number of hydrogen-bond acceptors (Lipinski definition) is 5. The van der Waals surface area contributed by atoms with Gasteiger partial charge in [-0.25, -0.2) is 4.98 Å². The average Bonchev–Trinajstić information content (AvgIpc) is 2.68. The van der Waals surface area contributed by atoms with Crippen molar-refractivity contribution in [2.45, 2.75) is 19.9 Å². The number of nitrogens with zero attached hydrogens (tertiary/aromatic N) is 1. The van der Waals surface area contributed by atoms with Crippen molar-refractivity contribution in [1.29, 1.82) is 0 Å². The summed E-state index contributed by atoms with van der Waals surface area (Å²) < 4.78 is 5.02. The average molecular weight is 241 g/mol. The van der Waals surface area contributed by atoms with Crippen LogP contribution in [0.4, 0.5) is 5.13 Å². The lowest BCUT2D eigenvalue weighted by molar-refractivity contribution is -0.120. The van der Waals surface area contributed by atoms with E-state index in [1.165, 1.54) is 16.2 Å². The third kappa shape index (κ3) is 2.78. The molecule has 2 rings (SSSR count). The molecular formula is C10H15N3O2S. The second-order valence-electron chi connectivity index (χ2n) is 3.50. The summed E-state index contributed by atoms with van der Waals surface area (Å²) in [7, 11) is 0. The zero-order valence-corrected chi connectivity index (χ0v) is 10.0. The van der Waals surface area contributed by atoms with Crippen LogP contribution in [0.15, 0.2) is 0 Å². The lowest BCUT2D eigenvalue weighted by atomic mass is 10.2. The summed E-state index contributed by atoms with van der Waals surface area (Å²) in [6, 6.07) is 0. The monoisotopic (exact) mass is 241 g/mol. The Balaban J connectivity index is 1.94. The number of thiazole rings is 1. The number of carbonyl (C=O) groups excluding carboxylic acids is 1. The van der Waals surface area contributed by atoms with Gasteiger partial charge in [-0.1, -0.05) is 0 Å². The van der Waals surface area contributed by atoms with Gasteiger partial charge in [-0.2, -0.15) is 0 Å². The van der Waals surface area contributed by atoms with Crippen LogP contribution in [0.3, 0.4) is 0 Å². The number of nitrogens with one attached hydrogen (secondary N) is 2. The maximum Gasteiger partial charge on any atom is 0.252 e. The predicted octanol–water partition coefficient (Wildman–Crippen LogP) is 0.764. The van der Waals surface area contributed by atoms with Crippen LogP contribution in [0, 0.1) is 0 Å². The number of aromatic nitrogens is 1. The number of rotatable bonds is 4. The molecule has 0 bridgehead atoms. The quantitative estimate of drug-likeness (QED) is 0.817. The van der Waals surface area contributed by atoms with Crippen LogP contribution in [-0.2, 0) is 22.5 Å². The standard InChI is InChI=1S/C10H15N3O2S/c1-2-15-6-9(14)13-10-12-7-3-4-11-5-8(7)16-10/h11H,2-6H2,1H3,(H,12,13,14). The van der Waals surface area contributed by atoms with Crippen molar-refractivity contribution in [2.24, 2.45) is 0 Å².